The second kappa shape index (κ2) is 9.21. The Kier molecular flexibility index (Phi) is 5.41. The second-order valence-corrected chi connectivity index (χ2v) is 11.9. The third kappa shape index (κ3) is 4.09. The van der Waals surface area contributed by atoms with E-state index in [-0.39, 0.29) is 5.41 Å². The Balaban J connectivity index is 1.88. The summed E-state index contributed by atoms with van der Waals surface area (Å²) in [5.74, 6) is -0.900. The normalized spacial score (nSPS) is 15.8. The lowest BCUT2D eigenvalue weighted by molar-refractivity contribution is 0.554. The molecule has 0 spiro atoms. The van der Waals surface area contributed by atoms with Crippen LogP contribution in [0, 0.1) is 0 Å². The summed E-state index contributed by atoms with van der Waals surface area (Å²) in [6.45, 7) is 16.5. The van der Waals surface area contributed by atoms with Gasteiger partial charge in [-0.3, -0.25) is 0 Å². The van der Waals surface area contributed by atoms with E-state index in [9.17, 15) is 4.11 Å². The lowest BCUT2D eigenvalue weighted by Crippen LogP contribution is -2.39. The molecule has 0 fully saturated rings. The molecule has 0 heterocycles. The highest BCUT2D eigenvalue weighted by Gasteiger charge is 2.39. The van der Waals surface area contributed by atoms with Crippen LogP contribution < -0.4 is 4.90 Å². The van der Waals surface area contributed by atoms with Crippen molar-refractivity contribution in [2.75, 3.05) is 4.90 Å². The molecular formula is C36H41N. The van der Waals surface area contributed by atoms with E-state index >= 15 is 0 Å². The molecule has 0 amide bonds. The Hall–Kier alpha value is -3.32. The number of anilines is 2. The molecule has 4 aromatic rings. The lowest BCUT2D eigenvalue weighted by atomic mass is 9.78. The SMILES string of the molecule is [2H]C([2H])(C)c1c(N(c2cccc(-c3ccccc3)c2C([2H])(C)C)C(C)(C)C)ccc2c1C(C)(C)c1ccccc1-2. The van der Waals surface area contributed by atoms with Gasteiger partial charge in [0, 0.05) is 26.4 Å². The average Bonchev–Trinajstić information content (AvgIpc) is 3.09. The molecule has 190 valence electrons. The summed E-state index contributed by atoms with van der Waals surface area (Å²) in [6, 6.07) is 29.3. The number of hydrogen-bond acceptors (Lipinski definition) is 1. The van der Waals surface area contributed by atoms with Crippen LogP contribution in [0.4, 0.5) is 11.4 Å². The molecule has 0 aliphatic heterocycles. The van der Waals surface area contributed by atoms with E-state index in [2.05, 4.69) is 106 Å². The van der Waals surface area contributed by atoms with Crippen molar-refractivity contribution in [3.63, 3.8) is 0 Å². The lowest BCUT2D eigenvalue weighted by Gasteiger charge is -2.42. The molecule has 0 bridgehead atoms. The van der Waals surface area contributed by atoms with Crippen molar-refractivity contribution in [1.29, 1.82) is 0 Å². The van der Waals surface area contributed by atoms with Gasteiger partial charge in [0.25, 0.3) is 0 Å². The topological polar surface area (TPSA) is 3.24 Å². The molecule has 0 N–H and O–H groups in total. The van der Waals surface area contributed by atoms with Gasteiger partial charge in [-0.2, -0.15) is 0 Å². The van der Waals surface area contributed by atoms with E-state index in [1.165, 1.54) is 11.1 Å². The fourth-order valence-electron chi connectivity index (χ4n) is 6.27. The van der Waals surface area contributed by atoms with Crippen molar-refractivity contribution >= 4 is 11.4 Å². The number of benzene rings is 4. The van der Waals surface area contributed by atoms with Gasteiger partial charge in [0.2, 0.25) is 0 Å². The van der Waals surface area contributed by atoms with Gasteiger partial charge < -0.3 is 4.90 Å². The Morgan fingerprint density at radius 2 is 1.43 bits per heavy atom. The first kappa shape index (κ1) is 21.7. The summed E-state index contributed by atoms with van der Waals surface area (Å²) in [6.07, 6.45) is -1.60. The number of hydrogen-bond donors (Lipinski definition) is 0. The van der Waals surface area contributed by atoms with Crippen LogP contribution >= 0.6 is 0 Å². The molecule has 0 aromatic heterocycles. The molecule has 1 aliphatic carbocycles. The zero-order valence-electron chi connectivity index (χ0n) is 26.5. The van der Waals surface area contributed by atoms with Gasteiger partial charge in [0.15, 0.2) is 0 Å². The zero-order chi connectivity index (χ0) is 29.3. The summed E-state index contributed by atoms with van der Waals surface area (Å²) in [5.41, 5.74) is 9.37. The van der Waals surface area contributed by atoms with Crippen molar-refractivity contribution in [1.82, 2.24) is 0 Å². The predicted molar refractivity (Wildman–Crippen MR) is 161 cm³/mol. The fourth-order valence-corrected chi connectivity index (χ4v) is 6.27. The second-order valence-electron chi connectivity index (χ2n) is 11.9. The predicted octanol–water partition coefficient (Wildman–Crippen LogP) is 10.3. The van der Waals surface area contributed by atoms with Gasteiger partial charge >= 0.3 is 0 Å². The van der Waals surface area contributed by atoms with E-state index in [0.717, 1.165) is 44.8 Å². The van der Waals surface area contributed by atoms with Crippen LogP contribution in [0.3, 0.4) is 0 Å². The first-order valence-electron chi connectivity index (χ1n) is 14.8. The van der Waals surface area contributed by atoms with E-state index < -0.39 is 17.8 Å². The first-order valence-corrected chi connectivity index (χ1v) is 13.3. The van der Waals surface area contributed by atoms with Crippen LogP contribution in [0.25, 0.3) is 22.3 Å². The highest BCUT2D eigenvalue weighted by molar-refractivity contribution is 5.87. The highest BCUT2D eigenvalue weighted by Crippen LogP contribution is 2.53. The molecule has 0 radical (unpaired) electrons. The smallest absolute Gasteiger partial charge is 0.0457 e. The van der Waals surface area contributed by atoms with Gasteiger partial charge in [-0.1, -0.05) is 107 Å². The molecule has 0 saturated carbocycles. The minimum Gasteiger partial charge on any atom is -0.336 e. The van der Waals surface area contributed by atoms with Crippen molar-refractivity contribution < 1.29 is 4.11 Å². The maximum absolute atomic E-state index is 9.31. The van der Waals surface area contributed by atoms with Crippen molar-refractivity contribution in [2.24, 2.45) is 0 Å². The third-order valence-electron chi connectivity index (χ3n) is 7.73. The van der Waals surface area contributed by atoms with E-state index in [1.54, 1.807) is 6.92 Å². The van der Waals surface area contributed by atoms with Crippen molar-refractivity contribution in [3.05, 3.63) is 107 Å². The van der Waals surface area contributed by atoms with E-state index in [1.807, 2.05) is 32.0 Å². The minimum absolute atomic E-state index is 0.354. The summed E-state index contributed by atoms with van der Waals surface area (Å²) in [4.78, 5) is 2.28. The van der Waals surface area contributed by atoms with Gasteiger partial charge in [0.05, 0.1) is 0 Å². The third-order valence-corrected chi connectivity index (χ3v) is 7.73. The molecule has 0 atom stereocenters. The Morgan fingerprint density at radius 3 is 2.08 bits per heavy atom. The number of nitrogens with zero attached hydrogens (tertiary/aromatic N) is 1. The van der Waals surface area contributed by atoms with Crippen LogP contribution in [-0.2, 0) is 11.8 Å². The Labute approximate surface area is 228 Å². The molecule has 1 nitrogen and oxygen atoms in total. The van der Waals surface area contributed by atoms with Crippen LogP contribution in [0.1, 0.15) is 87.6 Å². The van der Waals surface area contributed by atoms with E-state index in [0.29, 0.717) is 0 Å². The molecule has 0 saturated heterocycles. The van der Waals surface area contributed by atoms with Crippen LogP contribution in [-0.4, -0.2) is 5.54 Å². The maximum atomic E-state index is 9.31. The zero-order valence-corrected chi connectivity index (χ0v) is 23.5. The Morgan fingerprint density at radius 1 is 0.784 bits per heavy atom. The van der Waals surface area contributed by atoms with Gasteiger partial charge in [-0.15, -0.1) is 0 Å². The standard InChI is InChI=1S/C36H41N/c1-9-26-31(23-22-29-28-18-13-14-20-30(28)36(7,8)34(26)29)37(35(4,5)6)32-21-15-19-27(33(32)24(2)3)25-16-11-10-12-17-25/h10-24H,9H2,1-8H3/i9D2,24D. The maximum Gasteiger partial charge on any atom is 0.0457 e. The Bertz CT molecular complexity index is 1560. The number of rotatable bonds is 5. The van der Waals surface area contributed by atoms with Crippen molar-refractivity contribution in [2.45, 2.75) is 78.6 Å². The monoisotopic (exact) mass is 490 g/mol. The largest absolute Gasteiger partial charge is 0.336 e. The average molecular weight is 491 g/mol. The van der Waals surface area contributed by atoms with Gasteiger partial charge in [0.1, 0.15) is 0 Å². The summed E-state index contributed by atoms with van der Waals surface area (Å²) in [7, 11) is 0. The molecule has 1 heteroatoms. The van der Waals surface area contributed by atoms with Crippen LogP contribution in [0.15, 0.2) is 84.9 Å². The quantitative estimate of drug-likeness (QED) is 0.269. The van der Waals surface area contributed by atoms with Crippen LogP contribution in [0.2, 0.25) is 0 Å². The molecule has 5 rings (SSSR count). The molecule has 37 heavy (non-hydrogen) atoms. The summed E-state index contributed by atoms with van der Waals surface area (Å²) >= 11 is 0. The first-order chi connectivity index (χ1) is 18.5. The highest BCUT2D eigenvalue weighted by atomic mass is 15.2. The molecule has 1 aliphatic rings. The fraction of sp³-hybridized carbons (Fsp3) is 0.333. The minimum atomic E-state index is -1.60. The summed E-state index contributed by atoms with van der Waals surface area (Å²) < 4.78 is 27.7. The van der Waals surface area contributed by atoms with Gasteiger partial charge in [-0.25, -0.2) is 0 Å². The van der Waals surface area contributed by atoms with Crippen LogP contribution in [0.5, 0.6) is 0 Å². The molecule has 4 aromatic carbocycles. The number of fused-ring (bicyclic) bond motifs is 3. The van der Waals surface area contributed by atoms with E-state index in [4.69, 9.17) is 0 Å². The molecular weight excluding hydrogens is 446 g/mol. The van der Waals surface area contributed by atoms with Crippen molar-refractivity contribution in [3.8, 4) is 22.3 Å². The molecule has 0 unspecified atom stereocenters. The van der Waals surface area contributed by atoms with Gasteiger partial charge in [-0.05, 0) is 89.7 Å². The summed E-state index contributed by atoms with van der Waals surface area (Å²) in [5, 5.41) is 0.